The van der Waals surface area contributed by atoms with Crippen molar-refractivity contribution in [2.24, 2.45) is 0 Å². The van der Waals surface area contributed by atoms with E-state index >= 15 is 0 Å². The van der Waals surface area contributed by atoms with E-state index in [0.717, 1.165) is 19.1 Å². The smallest absolute Gasteiger partial charge is 0.187 e. The summed E-state index contributed by atoms with van der Waals surface area (Å²) >= 11 is 0. The van der Waals surface area contributed by atoms with E-state index in [9.17, 15) is 4.79 Å². The average Bonchev–Trinajstić information content (AvgIpc) is 2.58. The zero-order valence-corrected chi connectivity index (χ0v) is 5.24. The molecule has 1 aliphatic carbocycles. The highest BCUT2D eigenvalue weighted by Crippen LogP contribution is 2.43. The first-order chi connectivity index (χ1) is 4.87. The molecule has 0 amide bonds. The lowest BCUT2D eigenvalue weighted by atomic mass is 10.1. The van der Waals surface area contributed by atoms with Crippen molar-refractivity contribution in [2.75, 3.05) is 0 Å². The predicted octanol–water partition coefficient (Wildman–Crippen LogP) is -0.570. The van der Waals surface area contributed by atoms with Gasteiger partial charge in [-0.1, -0.05) is 5.21 Å². The summed E-state index contributed by atoms with van der Waals surface area (Å²) in [6.45, 7) is 0. The molecular formula is C5H6N4O. The van der Waals surface area contributed by atoms with E-state index in [1.807, 2.05) is 0 Å². The molecule has 1 heterocycles. The van der Waals surface area contributed by atoms with Gasteiger partial charge in [0.1, 0.15) is 6.29 Å². The second-order valence-electron chi connectivity index (χ2n) is 2.51. The van der Waals surface area contributed by atoms with Crippen molar-refractivity contribution in [3.63, 3.8) is 0 Å². The van der Waals surface area contributed by atoms with Crippen LogP contribution in [0.3, 0.4) is 0 Å². The number of aromatic amines is 1. The molecule has 0 saturated heterocycles. The van der Waals surface area contributed by atoms with Gasteiger partial charge in [-0.15, -0.1) is 10.2 Å². The Kier molecular flexibility index (Phi) is 0.893. The Bertz CT molecular complexity index is 238. The van der Waals surface area contributed by atoms with Crippen LogP contribution in [0, 0.1) is 0 Å². The molecule has 2 rings (SSSR count). The molecule has 0 atom stereocenters. The molecule has 0 spiro atoms. The average molecular weight is 138 g/mol. The van der Waals surface area contributed by atoms with Crippen molar-refractivity contribution in [3.05, 3.63) is 5.82 Å². The quantitative estimate of drug-likeness (QED) is 0.555. The molecule has 1 fully saturated rings. The van der Waals surface area contributed by atoms with Crippen molar-refractivity contribution in [3.8, 4) is 0 Å². The van der Waals surface area contributed by atoms with Crippen LogP contribution in [0.2, 0.25) is 0 Å². The van der Waals surface area contributed by atoms with E-state index in [0.29, 0.717) is 5.82 Å². The van der Waals surface area contributed by atoms with Crippen molar-refractivity contribution in [2.45, 2.75) is 18.3 Å². The zero-order chi connectivity index (χ0) is 7.03. The van der Waals surface area contributed by atoms with Gasteiger partial charge in [0.2, 0.25) is 0 Å². The molecule has 0 aliphatic heterocycles. The standard InChI is InChI=1S/C5H6N4O/c10-3-5(1-2-5)4-6-8-9-7-4/h3H,1-2H2,(H,6,7,8,9). The summed E-state index contributed by atoms with van der Waals surface area (Å²) < 4.78 is 0. The van der Waals surface area contributed by atoms with E-state index in [-0.39, 0.29) is 5.41 Å². The molecule has 5 heteroatoms. The summed E-state index contributed by atoms with van der Waals surface area (Å²) in [7, 11) is 0. The number of carbonyl (C=O) groups is 1. The minimum absolute atomic E-state index is 0.382. The van der Waals surface area contributed by atoms with E-state index in [1.165, 1.54) is 0 Å². The van der Waals surface area contributed by atoms with Gasteiger partial charge in [-0.2, -0.15) is 5.21 Å². The number of tetrazole rings is 1. The molecular weight excluding hydrogens is 132 g/mol. The van der Waals surface area contributed by atoms with Gasteiger partial charge in [0, 0.05) is 0 Å². The Labute approximate surface area is 56.8 Å². The summed E-state index contributed by atoms with van der Waals surface area (Å²) in [4.78, 5) is 10.5. The summed E-state index contributed by atoms with van der Waals surface area (Å²) in [5.41, 5.74) is -0.382. The second kappa shape index (κ2) is 1.62. The molecule has 1 aromatic rings. The van der Waals surface area contributed by atoms with Gasteiger partial charge in [0.05, 0.1) is 5.41 Å². The summed E-state index contributed by atoms with van der Waals surface area (Å²) in [5, 5.41) is 13.2. The van der Waals surface area contributed by atoms with Crippen LogP contribution >= 0.6 is 0 Å². The van der Waals surface area contributed by atoms with Crippen LogP contribution in [0.4, 0.5) is 0 Å². The minimum Gasteiger partial charge on any atom is -0.302 e. The Morgan fingerprint density at radius 3 is 2.80 bits per heavy atom. The van der Waals surface area contributed by atoms with Crippen LogP contribution in [0.25, 0.3) is 0 Å². The fraction of sp³-hybridized carbons (Fsp3) is 0.600. The fourth-order valence-electron chi connectivity index (χ4n) is 0.902. The number of nitrogens with one attached hydrogen (secondary N) is 1. The first-order valence-corrected chi connectivity index (χ1v) is 3.08. The maximum Gasteiger partial charge on any atom is 0.187 e. The van der Waals surface area contributed by atoms with E-state index in [1.54, 1.807) is 0 Å². The topological polar surface area (TPSA) is 71.5 Å². The van der Waals surface area contributed by atoms with Gasteiger partial charge < -0.3 is 4.79 Å². The molecule has 1 aromatic heterocycles. The normalized spacial score (nSPS) is 20.4. The van der Waals surface area contributed by atoms with Gasteiger partial charge in [0.15, 0.2) is 5.82 Å². The van der Waals surface area contributed by atoms with Crippen LogP contribution in [0.15, 0.2) is 0 Å². The summed E-state index contributed by atoms with van der Waals surface area (Å²) in [5.74, 6) is 0.530. The van der Waals surface area contributed by atoms with Gasteiger partial charge in [-0.3, -0.25) is 0 Å². The Morgan fingerprint density at radius 2 is 2.40 bits per heavy atom. The number of H-pyrrole nitrogens is 1. The number of carbonyl (C=O) groups excluding carboxylic acids is 1. The predicted molar refractivity (Wildman–Crippen MR) is 31.2 cm³/mol. The first kappa shape index (κ1) is 5.52. The molecule has 52 valence electrons. The first-order valence-electron chi connectivity index (χ1n) is 3.08. The monoisotopic (exact) mass is 138 g/mol. The largest absolute Gasteiger partial charge is 0.302 e. The minimum atomic E-state index is -0.382. The Morgan fingerprint density at radius 1 is 1.60 bits per heavy atom. The Balaban J connectivity index is 2.35. The molecule has 0 radical (unpaired) electrons. The molecule has 1 N–H and O–H groups in total. The van der Waals surface area contributed by atoms with Gasteiger partial charge in [-0.25, -0.2) is 0 Å². The van der Waals surface area contributed by atoms with Crippen LogP contribution < -0.4 is 0 Å². The van der Waals surface area contributed by atoms with Gasteiger partial charge >= 0.3 is 0 Å². The Hall–Kier alpha value is -1.26. The molecule has 0 aromatic carbocycles. The number of hydrogen-bond acceptors (Lipinski definition) is 4. The molecule has 0 unspecified atom stereocenters. The number of aldehydes is 1. The van der Waals surface area contributed by atoms with Crippen LogP contribution in [-0.4, -0.2) is 26.9 Å². The number of aromatic nitrogens is 4. The number of nitrogens with zero attached hydrogens (tertiary/aromatic N) is 3. The van der Waals surface area contributed by atoms with Crippen molar-refractivity contribution in [1.82, 2.24) is 20.6 Å². The zero-order valence-electron chi connectivity index (χ0n) is 5.24. The van der Waals surface area contributed by atoms with Crippen LogP contribution in [0.5, 0.6) is 0 Å². The maximum absolute atomic E-state index is 10.5. The lowest BCUT2D eigenvalue weighted by Crippen LogP contribution is -2.09. The third-order valence-electron chi connectivity index (χ3n) is 1.80. The van der Waals surface area contributed by atoms with Crippen molar-refractivity contribution < 1.29 is 4.79 Å². The summed E-state index contributed by atoms with van der Waals surface area (Å²) in [6.07, 6.45) is 2.62. The molecule has 1 saturated carbocycles. The molecule has 1 aliphatic rings. The van der Waals surface area contributed by atoms with E-state index in [4.69, 9.17) is 0 Å². The lowest BCUT2D eigenvalue weighted by Gasteiger charge is -1.94. The SMILES string of the molecule is O=CC1(c2nn[nH]n2)CC1. The lowest BCUT2D eigenvalue weighted by molar-refractivity contribution is -0.110. The van der Waals surface area contributed by atoms with Crippen LogP contribution in [0.1, 0.15) is 18.7 Å². The molecule has 5 nitrogen and oxygen atoms in total. The molecule has 10 heavy (non-hydrogen) atoms. The molecule has 0 bridgehead atoms. The van der Waals surface area contributed by atoms with Crippen molar-refractivity contribution in [1.29, 1.82) is 0 Å². The van der Waals surface area contributed by atoms with E-state index < -0.39 is 0 Å². The third kappa shape index (κ3) is 0.570. The van der Waals surface area contributed by atoms with Gasteiger partial charge in [0.25, 0.3) is 0 Å². The highest BCUT2D eigenvalue weighted by atomic mass is 16.1. The fourth-order valence-corrected chi connectivity index (χ4v) is 0.902. The summed E-state index contributed by atoms with van der Waals surface area (Å²) in [6, 6.07) is 0. The number of rotatable bonds is 2. The van der Waals surface area contributed by atoms with E-state index in [2.05, 4.69) is 20.6 Å². The van der Waals surface area contributed by atoms with Crippen molar-refractivity contribution >= 4 is 6.29 Å². The second-order valence-corrected chi connectivity index (χ2v) is 2.51. The van der Waals surface area contributed by atoms with Gasteiger partial charge in [-0.05, 0) is 12.8 Å². The highest BCUT2D eigenvalue weighted by Gasteiger charge is 2.48. The van der Waals surface area contributed by atoms with Crippen LogP contribution in [-0.2, 0) is 10.2 Å². The number of hydrogen-bond donors (Lipinski definition) is 1. The highest BCUT2D eigenvalue weighted by molar-refractivity contribution is 5.70. The third-order valence-corrected chi connectivity index (χ3v) is 1.80. The maximum atomic E-state index is 10.5.